The number of phenols is 2. The monoisotopic (exact) mass is 608 g/mol. The molecule has 0 amide bonds. The largest absolute Gasteiger partial charge is 0.507 e. The molecule has 0 unspecified atom stereocenters. The first kappa shape index (κ1) is 37.2. The van der Waals surface area contributed by atoms with Crippen LogP contribution in [0.3, 0.4) is 0 Å². The van der Waals surface area contributed by atoms with E-state index in [-0.39, 0.29) is 11.5 Å². The second-order valence-electron chi connectivity index (χ2n) is 12.6. The summed E-state index contributed by atoms with van der Waals surface area (Å²) in [4.78, 5) is 9.18. The molecule has 0 spiro atoms. The van der Waals surface area contributed by atoms with Gasteiger partial charge < -0.3 is 19.7 Å². The number of aromatic hydroxyl groups is 2. The fraction of sp³-hybridized carbons (Fsp3) is 0.632. The van der Waals surface area contributed by atoms with Crippen LogP contribution in [0, 0.1) is 0 Å². The van der Waals surface area contributed by atoms with Gasteiger partial charge in [-0.05, 0) is 51.0 Å². The minimum absolute atomic E-state index is 0.149. The highest BCUT2D eigenvalue weighted by Gasteiger charge is 2.15. The molecule has 0 radical (unpaired) electrons. The molecule has 0 heterocycles. The van der Waals surface area contributed by atoms with Crippen molar-refractivity contribution in [1.82, 2.24) is 0 Å². The van der Waals surface area contributed by atoms with Gasteiger partial charge in [0.2, 0.25) is 0 Å². The Kier molecular flexibility index (Phi) is 19.0. The van der Waals surface area contributed by atoms with Crippen LogP contribution in [0.5, 0.6) is 23.0 Å². The SMILES string of the molecule is CCCCCCCCCCOc1ccc(C=NCC(C)(C)N=Cc2ccc(OCCCCCCCCCC)cc2O)c(O)c1. The molecule has 0 aromatic heterocycles. The van der Waals surface area contributed by atoms with Crippen molar-refractivity contribution in [3.63, 3.8) is 0 Å². The summed E-state index contributed by atoms with van der Waals surface area (Å²) in [6.07, 6.45) is 23.5. The van der Waals surface area contributed by atoms with E-state index < -0.39 is 5.54 Å². The van der Waals surface area contributed by atoms with Gasteiger partial charge in [-0.15, -0.1) is 0 Å². The number of ether oxygens (including phenoxy) is 2. The van der Waals surface area contributed by atoms with Crippen molar-refractivity contribution in [2.75, 3.05) is 19.8 Å². The number of nitrogens with zero attached hydrogens (tertiary/aromatic N) is 2. The van der Waals surface area contributed by atoms with Crippen LogP contribution < -0.4 is 9.47 Å². The second-order valence-corrected chi connectivity index (χ2v) is 12.6. The topological polar surface area (TPSA) is 83.6 Å². The molecule has 2 aromatic rings. The first-order valence-corrected chi connectivity index (χ1v) is 17.3. The Labute approximate surface area is 268 Å². The standard InChI is InChI=1S/C38H60N2O4/c1-5-7-9-11-13-15-17-19-25-43-34-23-21-32(36(41)27-34)29-39-31-38(3,4)40-30-33-22-24-35(28-37(33)42)44-26-20-18-16-14-12-10-8-6-2/h21-24,27-30,41-42H,5-20,25-26,31H2,1-4H3. The molecule has 0 aliphatic carbocycles. The molecule has 6 nitrogen and oxygen atoms in total. The summed E-state index contributed by atoms with van der Waals surface area (Å²) >= 11 is 0. The molecule has 0 atom stereocenters. The van der Waals surface area contributed by atoms with Crippen LogP contribution in [0.25, 0.3) is 0 Å². The quantitative estimate of drug-likeness (QED) is 0.0867. The van der Waals surface area contributed by atoms with Crippen molar-refractivity contribution in [3.05, 3.63) is 47.5 Å². The highest BCUT2D eigenvalue weighted by molar-refractivity contribution is 5.84. The van der Waals surface area contributed by atoms with E-state index in [0.29, 0.717) is 42.4 Å². The minimum Gasteiger partial charge on any atom is -0.507 e. The zero-order chi connectivity index (χ0) is 31.9. The molecule has 0 aliphatic rings. The molecule has 44 heavy (non-hydrogen) atoms. The Bertz CT molecular complexity index is 1100. The summed E-state index contributed by atoms with van der Waals surface area (Å²) in [5, 5.41) is 21.0. The highest BCUT2D eigenvalue weighted by Crippen LogP contribution is 2.25. The van der Waals surface area contributed by atoms with Gasteiger partial charge in [0.25, 0.3) is 0 Å². The van der Waals surface area contributed by atoms with E-state index in [4.69, 9.17) is 9.47 Å². The Balaban J connectivity index is 1.71. The Hall–Kier alpha value is -3.02. The van der Waals surface area contributed by atoms with Gasteiger partial charge in [0.1, 0.15) is 23.0 Å². The third kappa shape index (κ3) is 16.7. The molecular formula is C38H60N2O4. The maximum Gasteiger partial charge on any atom is 0.128 e. The molecule has 2 N–H and O–H groups in total. The van der Waals surface area contributed by atoms with E-state index in [1.54, 1.807) is 24.6 Å². The van der Waals surface area contributed by atoms with E-state index in [1.807, 2.05) is 38.1 Å². The molecule has 6 heteroatoms. The van der Waals surface area contributed by atoms with E-state index >= 15 is 0 Å². The summed E-state index contributed by atoms with van der Waals surface area (Å²) in [6, 6.07) is 10.7. The maximum absolute atomic E-state index is 10.5. The molecule has 0 saturated carbocycles. The molecule has 0 aliphatic heterocycles. The van der Waals surface area contributed by atoms with Crippen LogP contribution in [-0.2, 0) is 0 Å². The number of rotatable bonds is 25. The predicted octanol–water partition coefficient (Wildman–Crippen LogP) is 10.5. The van der Waals surface area contributed by atoms with Gasteiger partial charge in [-0.1, -0.05) is 104 Å². The zero-order valence-corrected chi connectivity index (χ0v) is 28.2. The van der Waals surface area contributed by atoms with Gasteiger partial charge in [-0.3, -0.25) is 9.98 Å². The van der Waals surface area contributed by atoms with E-state index in [9.17, 15) is 10.2 Å². The average Bonchev–Trinajstić information content (AvgIpc) is 3.00. The van der Waals surface area contributed by atoms with Gasteiger partial charge in [-0.25, -0.2) is 0 Å². The Morgan fingerprint density at radius 3 is 1.43 bits per heavy atom. The van der Waals surface area contributed by atoms with Gasteiger partial charge >= 0.3 is 0 Å². The van der Waals surface area contributed by atoms with Crippen LogP contribution in [0.15, 0.2) is 46.4 Å². The van der Waals surface area contributed by atoms with Crippen molar-refractivity contribution in [3.8, 4) is 23.0 Å². The van der Waals surface area contributed by atoms with E-state index in [0.717, 1.165) is 12.8 Å². The third-order valence-corrected chi connectivity index (χ3v) is 7.80. The average molecular weight is 609 g/mol. The van der Waals surface area contributed by atoms with Gasteiger partial charge in [0, 0.05) is 35.7 Å². The molecule has 246 valence electrons. The lowest BCUT2D eigenvalue weighted by atomic mass is 10.1. The molecular weight excluding hydrogens is 548 g/mol. The third-order valence-electron chi connectivity index (χ3n) is 7.80. The second kappa shape index (κ2) is 22.5. The molecule has 2 rings (SSSR count). The number of benzene rings is 2. The summed E-state index contributed by atoms with van der Waals surface area (Å²) < 4.78 is 11.7. The first-order chi connectivity index (χ1) is 21.3. The highest BCUT2D eigenvalue weighted by atomic mass is 16.5. The van der Waals surface area contributed by atoms with E-state index in [2.05, 4.69) is 23.8 Å². The fourth-order valence-corrected chi connectivity index (χ4v) is 4.95. The lowest BCUT2D eigenvalue weighted by Gasteiger charge is -2.16. The van der Waals surface area contributed by atoms with Gasteiger partial charge in [0.15, 0.2) is 0 Å². The van der Waals surface area contributed by atoms with Crippen molar-refractivity contribution in [2.45, 2.75) is 136 Å². The number of phenolic OH excluding ortho intramolecular Hbond substituents is 2. The smallest absolute Gasteiger partial charge is 0.128 e. The van der Waals surface area contributed by atoms with Crippen molar-refractivity contribution < 1.29 is 19.7 Å². The predicted molar refractivity (Wildman–Crippen MR) is 187 cm³/mol. The summed E-state index contributed by atoms with van der Waals surface area (Å²) in [6.45, 7) is 10.2. The molecule has 0 saturated heterocycles. The van der Waals surface area contributed by atoms with Gasteiger partial charge in [-0.2, -0.15) is 0 Å². The number of aliphatic imine (C=N–C) groups is 2. The minimum atomic E-state index is -0.483. The summed E-state index contributed by atoms with van der Waals surface area (Å²) in [7, 11) is 0. The van der Waals surface area contributed by atoms with Crippen LogP contribution >= 0.6 is 0 Å². The lowest BCUT2D eigenvalue weighted by Crippen LogP contribution is -2.21. The summed E-state index contributed by atoms with van der Waals surface area (Å²) in [5.74, 6) is 1.65. The van der Waals surface area contributed by atoms with Crippen LogP contribution in [0.4, 0.5) is 0 Å². The summed E-state index contributed by atoms with van der Waals surface area (Å²) in [5.41, 5.74) is 0.801. The maximum atomic E-state index is 10.5. The first-order valence-electron chi connectivity index (χ1n) is 17.3. The number of hydrogen-bond donors (Lipinski definition) is 2. The van der Waals surface area contributed by atoms with Crippen molar-refractivity contribution in [1.29, 1.82) is 0 Å². The van der Waals surface area contributed by atoms with Crippen LogP contribution in [-0.4, -0.2) is 47.9 Å². The Morgan fingerprint density at radius 2 is 1.00 bits per heavy atom. The van der Waals surface area contributed by atoms with Crippen molar-refractivity contribution in [2.24, 2.45) is 9.98 Å². The molecule has 0 bridgehead atoms. The normalized spacial score (nSPS) is 12.0. The fourth-order valence-electron chi connectivity index (χ4n) is 4.95. The van der Waals surface area contributed by atoms with Gasteiger partial charge in [0.05, 0.1) is 25.3 Å². The molecule has 0 fully saturated rings. The van der Waals surface area contributed by atoms with Crippen LogP contribution in [0.2, 0.25) is 0 Å². The zero-order valence-electron chi connectivity index (χ0n) is 28.2. The molecule has 2 aromatic carbocycles. The van der Waals surface area contributed by atoms with E-state index in [1.165, 1.54) is 89.9 Å². The lowest BCUT2D eigenvalue weighted by molar-refractivity contribution is 0.302. The van der Waals surface area contributed by atoms with Crippen molar-refractivity contribution >= 4 is 12.4 Å². The Morgan fingerprint density at radius 1 is 0.591 bits per heavy atom. The number of unbranched alkanes of at least 4 members (excludes halogenated alkanes) is 14. The van der Waals surface area contributed by atoms with Crippen LogP contribution in [0.1, 0.15) is 142 Å². The number of hydrogen-bond acceptors (Lipinski definition) is 6.